The molecule has 0 spiro atoms. The quantitative estimate of drug-likeness (QED) is 0.299. The molecule has 0 saturated heterocycles. The van der Waals surface area contributed by atoms with E-state index < -0.39 is 11.7 Å². The van der Waals surface area contributed by atoms with Crippen molar-refractivity contribution in [3.8, 4) is 0 Å². The molecular weight excluding hydrogens is 336 g/mol. The minimum absolute atomic E-state index is 0.404. The van der Waals surface area contributed by atoms with Crippen LogP contribution in [-0.2, 0) is 4.74 Å². The summed E-state index contributed by atoms with van der Waals surface area (Å²) >= 11 is 1.81. The predicted molar refractivity (Wildman–Crippen MR) is 105 cm³/mol. The van der Waals surface area contributed by atoms with Crippen LogP contribution in [0, 0.1) is 0 Å². The number of carbonyl (C=O) groups excluding carboxylic acids is 1. The van der Waals surface area contributed by atoms with E-state index in [0.717, 1.165) is 6.54 Å². The van der Waals surface area contributed by atoms with Gasteiger partial charge < -0.3 is 20.7 Å². The molecule has 140 valence electrons. The first-order valence-electron chi connectivity index (χ1n) is 8.43. The Balaban J connectivity index is 2.21. The Hall–Kier alpha value is -1.89. The number of aliphatic imine (C=N–C) groups is 1. The molecule has 1 aromatic rings. The molecule has 0 saturated carbocycles. The summed E-state index contributed by atoms with van der Waals surface area (Å²) in [5.41, 5.74) is -0.484. The van der Waals surface area contributed by atoms with Gasteiger partial charge in [0, 0.05) is 36.8 Å². The second-order valence-electron chi connectivity index (χ2n) is 6.55. The van der Waals surface area contributed by atoms with Gasteiger partial charge in [0.15, 0.2) is 5.96 Å². The fourth-order valence-electron chi connectivity index (χ4n) is 1.89. The van der Waals surface area contributed by atoms with Crippen molar-refractivity contribution in [1.82, 2.24) is 16.0 Å². The number of hydrogen-bond donors (Lipinski definition) is 3. The zero-order chi connectivity index (χ0) is 18.7. The Kier molecular flexibility index (Phi) is 9.20. The largest absolute Gasteiger partial charge is 0.444 e. The summed E-state index contributed by atoms with van der Waals surface area (Å²) < 4.78 is 5.18. The summed E-state index contributed by atoms with van der Waals surface area (Å²) in [5, 5.41) is 9.57. The third-order valence-corrected chi connectivity index (χ3v) is 4.06. The smallest absolute Gasteiger partial charge is 0.407 e. The van der Waals surface area contributed by atoms with E-state index in [9.17, 15) is 4.79 Å². The zero-order valence-corrected chi connectivity index (χ0v) is 16.6. The molecule has 0 fully saturated rings. The number of guanidine groups is 1. The average molecular weight is 367 g/mol. The lowest BCUT2D eigenvalue weighted by Crippen LogP contribution is -2.43. The van der Waals surface area contributed by atoms with E-state index in [2.05, 4.69) is 40.0 Å². The van der Waals surface area contributed by atoms with Crippen LogP contribution in [0.1, 0.15) is 27.7 Å². The number of rotatable bonds is 7. The number of benzene rings is 1. The lowest BCUT2D eigenvalue weighted by molar-refractivity contribution is 0.0529. The highest BCUT2D eigenvalue weighted by molar-refractivity contribution is 8.00. The zero-order valence-electron chi connectivity index (χ0n) is 15.8. The number of nitrogens with zero attached hydrogens (tertiary/aromatic N) is 1. The average Bonchev–Trinajstić information content (AvgIpc) is 2.53. The molecule has 25 heavy (non-hydrogen) atoms. The molecule has 0 aliphatic heterocycles. The van der Waals surface area contributed by atoms with Crippen molar-refractivity contribution in [1.29, 1.82) is 0 Å². The maximum Gasteiger partial charge on any atom is 0.407 e. The summed E-state index contributed by atoms with van der Waals surface area (Å²) in [7, 11) is 1.73. The van der Waals surface area contributed by atoms with Crippen LogP contribution in [0.15, 0.2) is 40.2 Å². The summed E-state index contributed by atoms with van der Waals surface area (Å²) in [6.45, 7) is 9.51. The van der Waals surface area contributed by atoms with Crippen molar-refractivity contribution >= 4 is 23.8 Å². The van der Waals surface area contributed by atoms with Crippen molar-refractivity contribution in [2.24, 2.45) is 4.99 Å². The van der Waals surface area contributed by atoms with Crippen LogP contribution in [0.2, 0.25) is 0 Å². The summed E-state index contributed by atoms with van der Waals surface area (Å²) in [6.07, 6.45) is -0.412. The molecule has 0 radical (unpaired) electrons. The fraction of sp³-hybridized carbons (Fsp3) is 0.556. The highest BCUT2D eigenvalue weighted by Crippen LogP contribution is 2.21. The Morgan fingerprint density at radius 3 is 2.40 bits per heavy atom. The standard InChI is InChI=1S/C18H30N4O2S/c1-14(25-15-9-7-6-8-10-15)13-22-16(19-5)20-11-12-21-17(23)24-18(2,3)4/h6-10,14H,11-13H2,1-5H3,(H,21,23)(H2,19,20,22). The van der Waals surface area contributed by atoms with Gasteiger partial charge in [0.2, 0.25) is 0 Å². The third-order valence-electron chi connectivity index (χ3n) is 2.95. The van der Waals surface area contributed by atoms with Gasteiger partial charge in [-0.25, -0.2) is 4.79 Å². The van der Waals surface area contributed by atoms with Crippen LogP contribution >= 0.6 is 11.8 Å². The SMILES string of the molecule is CN=C(NCCNC(=O)OC(C)(C)C)NCC(C)Sc1ccccc1. The fourth-order valence-corrected chi connectivity index (χ4v) is 2.84. The highest BCUT2D eigenvalue weighted by Gasteiger charge is 2.15. The van der Waals surface area contributed by atoms with Crippen molar-refractivity contribution in [3.63, 3.8) is 0 Å². The molecule has 0 aliphatic rings. The van der Waals surface area contributed by atoms with Crippen LogP contribution < -0.4 is 16.0 Å². The van der Waals surface area contributed by atoms with Crippen molar-refractivity contribution in [2.45, 2.75) is 43.4 Å². The van der Waals surface area contributed by atoms with Crippen LogP contribution in [0.5, 0.6) is 0 Å². The van der Waals surface area contributed by atoms with Gasteiger partial charge >= 0.3 is 6.09 Å². The monoisotopic (exact) mass is 366 g/mol. The van der Waals surface area contributed by atoms with E-state index >= 15 is 0 Å². The van der Waals surface area contributed by atoms with Crippen LogP contribution in [0.3, 0.4) is 0 Å². The highest BCUT2D eigenvalue weighted by atomic mass is 32.2. The van der Waals surface area contributed by atoms with Crippen molar-refractivity contribution in [2.75, 3.05) is 26.7 Å². The van der Waals surface area contributed by atoms with Gasteiger partial charge in [0.05, 0.1) is 0 Å². The number of alkyl carbamates (subject to hydrolysis) is 1. The lowest BCUT2D eigenvalue weighted by atomic mass is 10.2. The van der Waals surface area contributed by atoms with Crippen LogP contribution in [0.4, 0.5) is 4.79 Å². The van der Waals surface area contributed by atoms with E-state index in [1.54, 1.807) is 7.05 Å². The Bertz CT molecular complexity index is 544. The molecule has 1 amide bonds. The van der Waals surface area contributed by atoms with E-state index in [1.165, 1.54) is 4.90 Å². The second kappa shape index (κ2) is 10.9. The van der Waals surface area contributed by atoms with Gasteiger partial charge in [0.25, 0.3) is 0 Å². The second-order valence-corrected chi connectivity index (χ2v) is 8.06. The van der Waals surface area contributed by atoms with Gasteiger partial charge in [-0.15, -0.1) is 11.8 Å². The van der Waals surface area contributed by atoms with Gasteiger partial charge in [-0.05, 0) is 32.9 Å². The van der Waals surface area contributed by atoms with Gasteiger partial charge in [-0.2, -0.15) is 0 Å². The van der Waals surface area contributed by atoms with Gasteiger partial charge in [-0.3, -0.25) is 4.99 Å². The topological polar surface area (TPSA) is 74.8 Å². The molecule has 1 aromatic carbocycles. The molecule has 0 bridgehead atoms. The number of nitrogens with one attached hydrogen (secondary N) is 3. The molecule has 0 aliphatic carbocycles. The molecular formula is C18H30N4O2S. The number of thioether (sulfide) groups is 1. The minimum Gasteiger partial charge on any atom is -0.444 e. The maximum absolute atomic E-state index is 11.6. The molecule has 1 atom stereocenters. The van der Waals surface area contributed by atoms with Gasteiger partial charge in [-0.1, -0.05) is 25.1 Å². The number of hydrogen-bond acceptors (Lipinski definition) is 4. The van der Waals surface area contributed by atoms with Crippen LogP contribution in [-0.4, -0.2) is 49.6 Å². The van der Waals surface area contributed by atoms with E-state index in [1.807, 2.05) is 50.7 Å². The first kappa shape index (κ1) is 21.2. The van der Waals surface area contributed by atoms with Crippen LogP contribution in [0.25, 0.3) is 0 Å². The summed E-state index contributed by atoms with van der Waals surface area (Å²) in [4.78, 5) is 17.0. The maximum atomic E-state index is 11.6. The van der Waals surface area contributed by atoms with Gasteiger partial charge in [0.1, 0.15) is 5.60 Å². The molecule has 0 aromatic heterocycles. The summed E-state index contributed by atoms with van der Waals surface area (Å²) in [6, 6.07) is 10.3. The Morgan fingerprint density at radius 1 is 1.16 bits per heavy atom. The lowest BCUT2D eigenvalue weighted by Gasteiger charge is -2.20. The molecule has 3 N–H and O–H groups in total. The minimum atomic E-state index is -0.484. The third kappa shape index (κ3) is 10.6. The first-order valence-corrected chi connectivity index (χ1v) is 9.31. The Morgan fingerprint density at radius 2 is 1.80 bits per heavy atom. The predicted octanol–water partition coefficient (Wildman–Crippen LogP) is 2.86. The molecule has 1 rings (SSSR count). The van der Waals surface area contributed by atoms with E-state index in [0.29, 0.717) is 24.3 Å². The number of ether oxygens (including phenoxy) is 1. The van der Waals surface area contributed by atoms with Crippen molar-refractivity contribution < 1.29 is 9.53 Å². The normalized spacial score (nSPS) is 13.1. The molecule has 0 heterocycles. The Labute approximate surface area is 155 Å². The number of amides is 1. The first-order chi connectivity index (χ1) is 11.8. The molecule has 7 heteroatoms. The molecule has 6 nitrogen and oxygen atoms in total. The summed E-state index contributed by atoms with van der Waals surface area (Å²) in [5.74, 6) is 0.714. The van der Waals surface area contributed by atoms with E-state index in [-0.39, 0.29) is 0 Å². The molecule has 1 unspecified atom stereocenters. The number of carbonyl (C=O) groups is 1. The van der Waals surface area contributed by atoms with Crippen molar-refractivity contribution in [3.05, 3.63) is 30.3 Å². The van der Waals surface area contributed by atoms with E-state index in [4.69, 9.17) is 4.74 Å².